The van der Waals surface area contributed by atoms with E-state index in [1.807, 2.05) is 6.07 Å². The fraction of sp³-hybridized carbons (Fsp3) is 0.312. The number of morpholine rings is 1. The molecule has 0 spiro atoms. The van der Waals surface area contributed by atoms with Gasteiger partial charge in [0.05, 0.1) is 18.1 Å². The molecule has 0 atom stereocenters. The molecule has 0 bridgehead atoms. The lowest BCUT2D eigenvalue weighted by atomic mass is 10.3. The average Bonchev–Trinajstić information content (AvgIpc) is 2.62. The molecule has 3 rings (SSSR count). The molecule has 0 unspecified atom stereocenters. The maximum absolute atomic E-state index is 12.5. The Bertz CT molecular complexity index is 773. The largest absolute Gasteiger partial charge is 0.489 e. The highest BCUT2D eigenvalue weighted by Crippen LogP contribution is 2.21. The number of halogens is 1. The summed E-state index contributed by atoms with van der Waals surface area (Å²) in [6, 6.07) is 9.93. The molecule has 1 fully saturated rings. The van der Waals surface area contributed by atoms with Crippen molar-refractivity contribution in [1.82, 2.24) is 9.29 Å². The highest BCUT2D eigenvalue weighted by molar-refractivity contribution is 7.89. The molecule has 1 aromatic carbocycles. The van der Waals surface area contributed by atoms with E-state index in [-0.39, 0.29) is 4.90 Å². The standard InChI is InChI=1S/C16H17ClN2O4S/c17-16-6-1-13(11-18-16)12-23-14-2-4-15(5-3-14)24(20,21)19-7-9-22-10-8-19/h1-6,11H,7-10,12H2. The zero-order chi connectivity index (χ0) is 17.0. The highest BCUT2D eigenvalue weighted by atomic mass is 35.5. The van der Waals surface area contributed by atoms with Crippen LogP contribution in [0.5, 0.6) is 5.75 Å². The van der Waals surface area contributed by atoms with E-state index in [1.54, 1.807) is 36.5 Å². The summed E-state index contributed by atoms with van der Waals surface area (Å²) in [5.74, 6) is 0.589. The Morgan fingerprint density at radius 2 is 1.83 bits per heavy atom. The zero-order valence-electron chi connectivity index (χ0n) is 12.9. The molecule has 1 saturated heterocycles. The third kappa shape index (κ3) is 4.05. The minimum atomic E-state index is -3.48. The number of aromatic nitrogens is 1. The fourth-order valence-corrected chi connectivity index (χ4v) is 3.82. The van der Waals surface area contributed by atoms with Gasteiger partial charge in [0.25, 0.3) is 0 Å². The summed E-state index contributed by atoms with van der Waals surface area (Å²) >= 11 is 5.73. The number of pyridine rings is 1. The van der Waals surface area contributed by atoms with Gasteiger partial charge >= 0.3 is 0 Å². The normalized spacial score (nSPS) is 16.0. The summed E-state index contributed by atoms with van der Waals surface area (Å²) in [5, 5.41) is 0.427. The summed E-state index contributed by atoms with van der Waals surface area (Å²) < 4.78 is 37.3. The van der Waals surface area contributed by atoms with Gasteiger partial charge in [-0.3, -0.25) is 0 Å². The van der Waals surface area contributed by atoms with E-state index in [2.05, 4.69) is 4.98 Å². The van der Waals surface area contributed by atoms with Gasteiger partial charge < -0.3 is 9.47 Å². The predicted octanol–water partition coefficient (Wildman–Crippen LogP) is 2.33. The maximum atomic E-state index is 12.5. The van der Waals surface area contributed by atoms with Crippen LogP contribution in [-0.2, 0) is 21.4 Å². The van der Waals surface area contributed by atoms with E-state index in [0.717, 1.165) is 5.56 Å². The lowest BCUT2D eigenvalue weighted by Gasteiger charge is -2.26. The van der Waals surface area contributed by atoms with Crippen LogP contribution in [0.15, 0.2) is 47.5 Å². The molecule has 1 aliphatic heterocycles. The number of sulfonamides is 1. The van der Waals surface area contributed by atoms with Gasteiger partial charge in [-0.1, -0.05) is 17.7 Å². The van der Waals surface area contributed by atoms with Gasteiger partial charge in [-0.2, -0.15) is 4.31 Å². The van der Waals surface area contributed by atoms with Crippen molar-refractivity contribution in [2.45, 2.75) is 11.5 Å². The van der Waals surface area contributed by atoms with Gasteiger partial charge in [0.15, 0.2) is 0 Å². The van der Waals surface area contributed by atoms with Gasteiger partial charge in [-0.05, 0) is 30.3 Å². The van der Waals surface area contributed by atoms with Gasteiger partial charge in [0.1, 0.15) is 17.5 Å². The number of benzene rings is 1. The van der Waals surface area contributed by atoms with E-state index in [4.69, 9.17) is 21.1 Å². The topological polar surface area (TPSA) is 68.7 Å². The first-order chi connectivity index (χ1) is 11.6. The first kappa shape index (κ1) is 17.2. The zero-order valence-corrected chi connectivity index (χ0v) is 14.5. The van der Waals surface area contributed by atoms with Crippen LogP contribution in [0.25, 0.3) is 0 Å². The molecule has 0 radical (unpaired) electrons. The average molecular weight is 369 g/mol. The molecule has 2 heterocycles. The Morgan fingerprint density at radius 1 is 1.12 bits per heavy atom. The van der Waals surface area contributed by atoms with Gasteiger partial charge in [0, 0.05) is 24.8 Å². The quantitative estimate of drug-likeness (QED) is 0.758. The van der Waals surface area contributed by atoms with Gasteiger partial charge in [0.2, 0.25) is 10.0 Å². The molecule has 1 aliphatic rings. The Kier molecular flexibility index (Phi) is 5.35. The molecule has 128 valence electrons. The van der Waals surface area contributed by atoms with Crippen molar-refractivity contribution in [2.75, 3.05) is 26.3 Å². The van der Waals surface area contributed by atoms with Crippen molar-refractivity contribution >= 4 is 21.6 Å². The highest BCUT2D eigenvalue weighted by Gasteiger charge is 2.26. The van der Waals surface area contributed by atoms with Crippen LogP contribution in [0.3, 0.4) is 0 Å². The SMILES string of the molecule is O=S(=O)(c1ccc(OCc2ccc(Cl)nc2)cc1)N1CCOCC1. The van der Waals surface area contributed by atoms with E-state index in [9.17, 15) is 8.42 Å². The minimum absolute atomic E-state index is 0.255. The molecule has 0 aliphatic carbocycles. The van der Waals surface area contributed by atoms with Crippen LogP contribution in [0.1, 0.15) is 5.56 Å². The minimum Gasteiger partial charge on any atom is -0.489 e. The van der Waals surface area contributed by atoms with Crippen molar-refractivity contribution in [3.8, 4) is 5.75 Å². The summed E-state index contributed by atoms with van der Waals surface area (Å²) in [4.78, 5) is 4.23. The lowest BCUT2D eigenvalue weighted by Crippen LogP contribution is -2.40. The molecular formula is C16H17ClN2O4S. The molecular weight excluding hydrogens is 352 g/mol. The van der Waals surface area contributed by atoms with Crippen LogP contribution in [0.2, 0.25) is 5.15 Å². The summed E-state index contributed by atoms with van der Waals surface area (Å²) in [6.07, 6.45) is 1.64. The second-order valence-corrected chi connectivity index (χ2v) is 7.59. The van der Waals surface area contributed by atoms with Crippen LogP contribution >= 0.6 is 11.6 Å². The van der Waals surface area contributed by atoms with Crippen molar-refractivity contribution in [3.63, 3.8) is 0 Å². The van der Waals surface area contributed by atoms with E-state index >= 15 is 0 Å². The van der Waals surface area contributed by atoms with E-state index < -0.39 is 10.0 Å². The molecule has 8 heteroatoms. The Hall–Kier alpha value is -1.67. The first-order valence-corrected chi connectivity index (χ1v) is 9.29. The van der Waals surface area contributed by atoms with Crippen molar-refractivity contribution < 1.29 is 17.9 Å². The van der Waals surface area contributed by atoms with Crippen LogP contribution in [-0.4, -0.2) is 44.0 Å². The Morgan fingerprint density at radius 3 is 2.46 bits per heavy atom. The van der Waals surface area contributed by atoms with Crippen molar-refractivity contribution in [1.29, 1.82) is 0 Å². The molecule has 6 nitrogen and oxygen atoms in total. The molecule has 2 aromatic rings. The van der Waals surface area contributed by atoms with Crippen LogP contribution in [0, 0.1) is 0 Å². The number of nitrogens with zero attached hydrogens (tertiary/aromatic N) is 2. The molecule has 1 aromatic heterocycles. The lowest BCUT2D eigenvalue weighted by molar-refractivity contribution is 0.0730. The second-order valence-electron chi connectivity index (χ2n) is 5.27. The van der Waals surface area contributed by atoms with E-state index in [1.165, 1.54) is 4.31 Å². The number of hydrogen-bond acceptors (Lipinski definition) is 5. The van der Waals surface area contributed by atoms with Crippen LogP contribution < -0.4 is 4.74 Å². The third-order valence-corrected chi connectivity index (χ3v) is 5.76. The molecule has 0 amide bonds. The number of rotatable bonds is 5. The second kappa shape index (κ2) is 7.48. The smallest absolute Gasteiger partial charge is 0.243 e. The molecule has 0 saturated carbocycles. The first-order valence-electron chi connectivity index (χ1n) is 7.47. The number of ether oxygens (including phenoxy) is 2. The van der Waals surface area contributed by atoms with Gasteiger partial charge in [-0.15, -0.1) is 0 Å². The van der Waals surface area contributed by atoms with Gasteiger partial charge in [-0.25, -0.2) is 13.4 Å². The Labute approximate surface area is 146 Å². The predicted molar refractivity (Wildman–Crippen MR) is 89.6 cm³/mol. The molecule has 24 heavy (non-hydrogen) atoms. The maximum Gasteiger partial charge on any atom is 0.243 e. The van der Waals surface area contributed by atoms with Crippen molar-refractivity contribution in [3.05, 3.63) is 53.3 Å². The fourth-order valence-electron chi connectivity index (χ4n) is 2.30. The van der Waals surface area contributed by atoms with E-state index in [0.29, 0.717) is 43.8 Å². The van der Waals surface area contributed by atoms with Crippen molar-refractivity contribution in [2.24, 2.45) is 0 Å². The summed E-state index contributed by atoms with van der Waals surface area (Å²) in [7, 11) is -3.48. The molecule has 0 N–H and O–H groups in total. The third-order valence-electron chi connectivity index (χ3n) is 3.63. The monoisotopic (exact) mass is 368 g/mol. The number of hydrogen-bond donors (Lipinski definition) is 0. The Balaban J connectivity index is 1.65. The van der Waals surface area contributed by atoms with Crippen LogP contribution in [0.4, 0.5) is 0 Å². The summed E-state index contributed by atoms with van der Waals surface area (Å²) in [6.45, 7) is 1.94. The summed E-state index contributed by atoms with van der Waals surface area (Å²) in [5.41, 5.74) is 0.879.